The Labute approximate surface area is 49.1 Å². The molecule has 0 aliphatic carbocycles. The van der Waals surface area contributed by atoms with Gasteiger partial charge >= 0.3 is 0 Å². The Kier molecular flexibility index (Phi) is 29.2. The second-order valence-corrected chi connectivity index (χ2v) is 0.667. The van der Waals surface area contributed by atoms with Crippen LogP contribution in [0, 0.1) is 0 Å². The molecule has 0 amide bonds. The summed E-state index contributed by atoms with van der Waals surface area (Å²) < 4.78 is 0. The summed E-state index contributed by atoms with van der Waals surface area (Å²) in [7, 11) is 4.33. The lowest BCUT2D eigenvalue weighted by atomic mass is 10.6. The summed E-state index contributed by atoms with van der Waals surface area (Å²) in [5.74, 6) is 0. The Bertz CT molecular complexity index is 22.7. The zero-order chi connectivity index (χ0) is 5.41. The molecule has 0 aromatic carbocycles. The van der Waals surface area contributed by atoms with Gasteiger partial charge in [0.2, 0.25) is 0 Å². The van der Waals surface area contributed by atoms with Gasteiger partial charge in [-0.3, -0.25) is 0 Å². The van der Waals surface area contributed by atoms with Gasteiger partial charge in [-0.05, 0) is 24.5 Å². The van der Waals surface area contributed by atoms with E-state index in [0.29, 0.717) is 0 Å². The molecule has 2 heteroatoms. The number of rotatable bonds is 0. The predicted molar refractivity (Wildman–Crippen MR) is 35.3 cm³/mol. The Balaban J connectivity index is 0. The van der Waals surface area contributed by atoms with Crippen molar-refractivity contribution in [3.8, 4) is 0 Å². The largest absolute Gasteiger partial charge is 0.0919 e. The van der Waals surface area contributed by atoms with Crippen LogP contribution < -0.4 is 0 Å². The lowest BCUT2D eigenvalue weighted by molar-refractivity contribution is 1.64. The summed E-state index contributed by atoms with van der Waals surface area (Å²) in [4.78, 5) is 0. The SMILES string of the molecule is CC=CC.SCl. The average molecular weight is 125 g/mol. The summed E-state index contributed by atoms with van der Waals surface area (Å²) in [5, 5.41) is 0. The third kappa shape index (κ3) is 26.3. The molecule has 0 bridgehead atoms. The fourth-order valence-electron chi connectivity index (χ4n) is 0. The Morgan fingerprint density at radius 3 is 1.33 bits per heavy atom. The quantitative estimate of drug-likeness (QED) is 0.373. The van der Waals surface area contributed by atoms with Gasteiger partial charge in [-0.1, -0.05) is 24.0 Å². The van der Waals surface area contributed by atoms with Crippen molar-refractivity contribution < 1.29 is 0 Å². The first-order valence-electron chi connectivity index (χ1n) is 1.66. The molecule has 38 valence electrons. The molecule has 0 unspecified atom stereocenters. The van der Waals surface area contributed by atoms with Crippen LogP contribution in [0.4, 0.5) is 0 Å². The van der Waals surface area contributed by atoms with Gasteiger partial charge in [0.25, 0.3) is 0 Å². The van der Waals surface area contributed by atoms with Crippen molar-refractivity contribution in [2.45, 2.75) is 13.8 Å². The third-order valence-corrected chi connectivity index (χ3v) is 0.333. The summed E-state index contributed by atoms with van der Waals surface area (Å²) in [6.07, 6.45) is 4.00. The van der Waals surface area contributed by atoms with Crippen LogP contribution in [0.3, 0.4) is 0 Å². The van der Waals surface area contributed by atoms with Crippen molar-refractivity contribution >= 4 is 22.5 Å². The van der Waals surface area contributed by atoms with E-state index in [9.17, 15) is 0 Å². The first kappa shape index (κ1) is 9.63. The zero-order valence-electron chi connectivity index (χ0n) is 3.98. The molecule has 0 fully saturated rings. The first-order valence-corrected chi connectivity index (χ1v) is 3.01. The third-order valence-electron chi connectivity index (χ3n) is 0.333. The maximum atomic E-state index is 4.33. The summed E-state index contributed by atoms with van der Waals surface area (Å²) in [6, 6.07) is 0. The van der Waals surface area contributed by atoms with Gasteiger partial charge in [0.1, 0.15) is 0 Å². The molecule has 0 saturated heterocycles. The van der Waals surface area contributed by atoms with E-state index in [0.717, 1.165) is 0 Å². The Morgan fingerprint density at radius 2 is 1.33 bits per heavy atom. The second-order valence-electron chi connectivity index (χ2n) is 0.667. The maximum Gasteiger partial charge on any atom is -0.0470 e. The van der Waals surface area contributed by atoms with Crippen LogP contribution in [0.15, 0.2) is 12.2 Å². The molecule has 0 N–H and O–H groups in total. The number of hydrogen-bond acceptors (Lipinski definition) is 1. The molecule has 0 aromatic heterocycles. The zero-order valence-corrected chi connectivity index (χ0v) is 5.63. The first-order chi connectivity index (χ1) is 2.91. The average Bonchev–Trinajstić information content (AvgIpc) is 1.72. The molecule has 0 aromatic rings. The Morgan fingerprint density at radius 1 is 1.17 bits per heavy atom. The normalized spacial score (nSPS) is 7.33. The summed E-state index contributed by atoms with van der Waals surface area (Å²) in [5.41, 5.74) is 0. The van der Waals surface area contributed by atoms with Gasteiger partial charge in [0.15, 0.2) is 0 Å². The van der Waals surface area contributed by atoms with E-state index >= 15 is 0 Å². The van der Waals surface area contributed by atoms with Gasteiger partial charge in [-0.15, -0.1) is 0 Å². The minimum absolute atomic E-state index is 2.00. The highest BCUT2D eigenvalue weighted by Crippen LogP contribution is 1.67. The second kappa shape index (κ2) is 18.2. The van der Waals surface area contributed by atoms with Crippen molar-refractivity contribution in [1.29, 1.82) is 0 Å². The predicted octanol–water partition coefficient (Wildman–Crippen LogP) is 2.65. The van der Waals surface area contributed by atoms with Crippen LogP contribution in [0.2, 0.25) is 0 Å². The number of allylic oxidation sites excluding steroid dienone is 2. The molecular weight excluding hydrogens is 116 g/mol. The smallest absolute Gasteiger partial charge is 0.0470 e. The van der Waals surface area contributed by atoms with Crippen LogP contribution in [0.1, 0.15) is 13.8 Å². The lowest BCUT2D eigenvalue weighted by Gasteiger charge is -1.49. The van der Waals surface area contributed by atoms with E-state index < -0.39 is 0 Å². The van der Waals surface area contributed by atoms with E-state index in [4.69, 9.17) is 0 Å². The van der Waals surface area contributed by atoms with Crippen molar-refractivity contribution in [2.75, 3.05) is 0 Å². The topological polar surface area (TPSA) is 0 Å². The van der Waals surface area contributed by atoms with Crippen LogP contribution in [0.25, 0.3) is 0 Å². The monoisotopic (exact) mass is 124 g/mol. The fourth-order valence-corrected chi connectivity index (χ4v) is 0. The van der Waals surface area contributed by atoms with Crippen molar-refractivity contribution in [2.24, 2.45) is 0 Å². The lowest BCUT2D eigenvalue weighted by Crippen LogP contribution is -1.26. The molecule has 6 heavy (non-hydrogen) atoms. The highest BCUT2D eigenvalue weighted by molar-refractivity contribution is 8.05. The highest BCUT2D eigenvalue weighted by Gasteiger charge is 1.34. The van der Waals surface area contributed by atoms with E-state index in [2.05, 4.69) is 22.5 Å². The van der Waals surface area contributed by atoms with E-state index in [-0.39, 0.29) is 0 Å². The van der Waals surface area contributed by atoms with E-state index in [1.807, 2.05) is 26.0 Å². The molecule has 0 radical (unpaired) electrons. The molecule has 0 rings (SSSR count). The number of thiol groups is 1. The maximum absolute atomic E-state index is 4.33. The van der Waals surface area contributed by atoms with Crippen molar-refractivity contribution in [3.05, 3.63) is 12.2 Å². The fraction of sp³-hybridized carbons (Fsp3) is 0.500. The number of halogens is 1. The summed E-state index contributed by atoms with van der Waals surface area (Å²) >= 11 is 3.00. The highest BCUT2D eigenvalue weighted by atomic mass is 35.7. The van der Waals surface area contributed by atoms with Crippen LogP contribution >= 0.6 is 22.5 Å². The summed E-state index contributed by atoms with van der Waals surface area (Å²) in [6.45, 7) is 4.00. The van der Waals surface area contributed by atoms with E-state index in [1.54, 1.807) is 0 Å². The van der Waals surface area contributed by atoms with E-state index in [1.165, 1.54) is 0 Å². The standard InChI is InChI=1S/C4H8.ClHS/c1-3-4-2;1-2/h3-4H,1-2H3;2H. The van der Waals surface area contributed by atoms with Crippen LogP contribution in [0.5, 0.6) is 0 Å². The molecule has 0 saturated carbocycles. The molecule has 0 aliphatic rings. The number of hydrogen-bond donors (Lipinski definition) is 1. The molecule has 0 heterocycles. The van der Waals surface area contributed by atoms with Gasteiger partial charge < -0.3 is 0 Å². The minimum Gasteiger partial charge on any atom is -0.0919 e. The molecule has 0 aliphatic heterocycles. The van der Waals surface area contributed by atoms with Gasteiger partial charge in [-0.25, -0.2) is 0 Å². The van der Waals surface area contributed by atoms with Gasteiger partial charge in [0.05, 0.1) is 0 Å². The van der Waals surface area contributed by atoms with Gasteiger partial charge in [0, 0.05) is 0 Å². The van der Waals surface area contributed by atoms with Crippen LogP contribution in [-0.2, 0) is 0 Å². The van der Waals surface area contributed by atoms with Crippen molar-refractivity contribution in [3.63, 3.8) is 0 Å². The van der Waals surface area contributed by atoms with Gasteiger partial charge in [-0.2, -0.15) is 0 Å². The molecule has 0 nitrogen and oxygen atoms in total. The van der Waals surface area contributed by atoms with Crippen LogP contribution in [-0.4, -0.2) is 0 Å². The molecule has 0 atom stereocenters. The van der Waals surface area contributed by atoms with Crippen molar-refractivity contribution in [1.82, 2.24) is 0 Å². The molecular formula is C4H9ClS. The Hall–Kier alpha value is 0.380. The molecule has 0 spiro atoms. The minimum atomic E-state index is 2.00.